The van der Waals surface area contributed by atoms with Gasteiger partial charge in [-0.25, -0.2) is 0 Å². The average molecular weight is 400 g/mol. The third-order valence-corrected chi connectivity index (χ3v) is 4.64. The van der Waals surface area contributed by atoms with E-state index < -0.39 is 5.91 Å². The summed E-state index contributed by atoms with van der Waals surface area (Å²) in [6.07, 6.45) is 0.392. The normalized spacial score (nSPS) is 13.6. The lowest BCUT2D eigenvalue weighted by Gasteiger charge is -2.15. The second-order valence-corrected chi connectivity index (χ2v) is 6.93. The maximum atomic E-state index is 12.5. The van der Waals surface area contributed by atoms with Gasteiger partial charge in [0.1, 0.15) is 0 Å². The first-order valence-corrected chi connectivity index (χ1v) is 8.94. The fourth-order valence-corrected chi connectivity index (χ4v) is 3.00. The van der Waals surface area contributed by atoms with Crippen LogP contribution in [0, 0.1) is 0 Å². The number of rotatable bonds is 4. The van der Waals surface area contributed by atoms with Crippen molar-refractivity contribution < 1.29 is 19.2 Å². The third-order valence-electron chi connectivity index (χ3n) is 4.31. The fraction of sp³-hybridized carbons (Fsp3) is 0.200. The van der Waals surface area contributed by atoms with Gasteiger partial charge in [0, 0.05) is 38.1 Å². The molecular formula is C20H18ClN3O4. The summed E-state index contributed by atoms with van der Waals surface area (Å²) >= 11 is 6.13. The number of nitrogens with one attached hydrogen (secondary N) is 1. The van der Waals surface area contributed by atoms with Gasteiger partial charge in [-0.1, -0.05) is 11.6 Å². The van der Waals surface area contributed by atoms with Crippen LogP contribution in [0.2, 0.25) is 5.02 Å². The lowest BCUT2D eigenvalue weighted by atomic mass is 10.1. The summed E-state index contributed by atoms with van der Waals surface area (Å²) in [5.74, 6) is -1.15. The molecule has 1 aliphatic rings. The lowest BCUT2D eigenvalue weighted by Crippen LogP contribution is -2.28. The Hall–Kier alpha value is -3.19. The average Bonchev–Trinajstić information content (AvgIpc) is 3.01. The minimum atomic E-state index is -0.429. The molecule has 1 saturated heterocycles. The van der Waals surface area contributed by atoms with Crippen molar-refractivity contribution in [3.05, 3.63) is 58.6 Å². The molecule has 1 fully saturated rings. The molecule has 4 amide bonds. The highest BCUT2D eigenvalue weighted by Crippen LogP contribution is 2.26. The second kappa shape index (κ2) is 7.82. The topological polar surface area (TPSA) is 86.8 Å². The molecule has 2 aromatic carbocycles. The first kappa shape index (κ1) is 19.6. The Morgan fingerprint density at radius 2 is 1.54 bits per heavy atom. The number of carbonyl (C=O) groups is 4. The van der Waals surface area contributed by atoms with Crippen molar-refractivity contribution in [1.29, 1.82) is 0 Å². The van der Waals surface area contributed by atoms with Crippen molar-refractivity contribution in [2.75, 3.05) is 24.3 Å². The summed E-state index contributed by atoms with van der Waals surface area (Å²) in [5, 5.41) is 2.98. The van der Waals surface area contributed by atoms with Crippen molar-refractivity contribution in [2.45, 2.75) is 12.8 Å². The number of hydrogen-bond acceptors (Lipinski definition) is 4. The van der Waals surface area contributed by atoms with Crippen LogP contribution in [0.5, 0.6) is 0 Å². The van der Waals surface area contributed by atoms with E-state index in [0.717, 1.165) is 4.90 Å². The Morgan fingerprint density at radius 3 is 2.11 bits per heavy atom. The predicted molar refractivity (Wildman–Crippen MR) is 106 cm³/mol. The zero-order chi connectivity index (χ0) is 20.4. The molecule has 0 aliphatic carbocycles. The van der Waals surface area contributed by atoms with Gasteiger partial charge in [-0.3, -0.25) is 24.1 Å². The molecule has 1 heterocycles. The fourth-order valence-electron chi connectivity index (χ4n) is 2.83. The molecule has 144 valence electrons. The quantitative estimate of drug-likeness (QED) is 0.801. The van der Waals surface area contributed by atoms with E-state index in [1.807, 2.05) is 0 Å². The number of nitrogens with zero attached hydrogens (tertiary/aromatic N) is 2. The number of anilines is 2. The zero-order valence-electron chi connectivity index (χ0n) is 15.4. The highest BCUT2D eigenvalue weighted by Gasteiger charge is 2.30. The largest absolute Gasteiger partial charge is 0.345 e. The van der Waals surface area contributed by atoms with Gasteiger partial charge in [-0.2, -0.15) is 0 Å². The molecule has 1 aliphatic heterocycles. The van der Waals surface area contributed by atoms with Crippen LogP contribution >= 0.6 is 11.6 Å². The van der Waals surface area contributed by atoms with Crippen LogP contribution in [0.25, 0.3) is 0 Å². The second-order valence-electron chi connectivity index (χ2n) is 6.52. The van der Waals surface area contributed by atoms with Crippen LogP contribution in [-0.2, 0) is 9.59 Å². The maximum absolute atomic E-state index is 12.5. The van der Waals surface area contributed by atoms with E-state index in [-0.39, 0.29) is 30.6 Å². The molecule has 28 heavy (non-hydrogen) atoms. The van der Waals surface area contributed by atoms with Crippen LogP contribution in [0.1, 0.15) is 33.6 Å². The van der Waals surface area contributed by atoms with Crippen LogP contribution in [0.3, 0.4) is 0 Å². The highest BCUT2D eigenvalue weighted by molar-refractivity contribution is 6.34. The molecule has 3 rings (SSSR count). The summed E-state index contributed by atoms with van der Waals surface area (Å²) in [6, 6.07) is 10.8. The Labute approximate surface area is 166 Å². The molecule has 1 N–H and O–H groups in total. The van der Waals surface area contributed by atoms with Crippen LogP contribution in [0.4, 0.5) is 11.4 Å². The van der Waals surface area contributed by atoms with Crippen LogP contribution in [0.15, 0.2) is 42.5 Å². The molecule has 7 nitrogen and oxygen atoms in total. The van der Waals surface area contributed by atoms with Crippen molar-refractivity contribution in [2.24, 2.45) is 0 Å². The number of benzene rings is 2. The molecule has 0 spiro atoms. The minimum absolute atomic E-state index is 0.196. The zero-order valence-corrected chi connectivity index (χ0v) is 16.1. The Morgan fingerprint density at radius 1 is 0.964 bits per heavy atom. The molecule has 0 radical (unpaired) electrons. The molecule has 0 unspecified atom stereocenters. The van der Waals surface area contributed by atoms with Gasteiger partial charge >= 0.3 is 0 Å². The summed E-state index contributed by atoms with van der Waals surface area (Å²) in [4.78, 5) is 50.8. The number of hydrogen-bond donors (Lipinski definition) is 1. The molecule has 0 bridgehead atoms. The number of imide groups is 1. The number of amides is 4. The summed E-state index contributed by atoms with van der Waals surface area (Å²) in [6.45, 7) is 0. The van der Waals surface area contributed by atoms with E-state index in [4.69, 9.17) is 11.6 Å². The highest BCUT2D eigenvalue weighted by atomic mass is 35.5. The monoisotopic (exact) mass is 399 g/mol. The van der Waals surface area contributed by atoms with Crippen molar-refractivity contribution >= 4 is 46.6 Å². The number of halogens is 1. The minimum Gasteiger partial charge on any atom is -0.345 e. The smallest absolute Gasteiger partial charge is 0.255 e. The van der Waals surface area contributed by atoms with E-state index in [1.165, 1.54) is 23.1 Å². The van der Waals surface area contributed by atoms with E-state index in [2.05, 4.69) is 5.32 Å². The predicted octanol–water partition coefficient (Wildman–Crippen LogP) is 2.95. The summed E-state index contributed by atoms with van der Waals surface area (Å²) in [7, 11) is 3.26. The molecule has 2 aromatic rings. The SMILES string of the molecule is CN(C)C(=O)c1ccc(Cl)c(NC(=O)c2ccc(N3C(=O)CCC3=O)cc2)c1. The Balaban J connectivity index is 1.78. The Bertz CT molecular complexity index is 954. The van der Waals surface area contributed by atoms with Gasteiger partial charge < -0.3 is 10.2 Å². The first-order chi connectivity index (χ1) is 13.3. The van der Waals surface area contributed by atoms with E-state index in [1.54, 1.807) is 38.4 Å². The molecular weight excluding hydrogens is 382 g/mol. The Kier molecular flexibility index (Phi) is 5.46. The standard InChI is InChI=1S/C20H18ClN3O4/c1-23(2)20(28)13-5-8-15(21)16(11-13)22-19(27)12-3-6-14(7-4-12)24-17(25)9-10-18(24)26/h3-8,11H,9-10H2,1-2H3,(H,22,27). The summed E-state index contributed by atoms with van der Waals surface area (Å²) < 4.78 is 0. The first-order valence-electron chi connectivity index (χ1n) is 8.56. The summed E-state index contributed by atoms with van der Waals surface area (Å²) in [5.41, 5.74) is 1.46. The molecule has 0 saturated carbocycles. The van der Waals surface area contributed by atoms with Crippen LogP contribution < -0.4 is 10.2 Å². The maximum Gasteiger partial charge on any atom is 0.255 e. The molecule has 0 atom stereocenters. The van der Waals surface area contributed by atoms with Gasteiger partial charge in [0.2, 0.25) is 11.8 Å². The lowest BCUT2D eigenvalue weighted by molar-refractivity contribution is -0.121. The van der Waals surface area contributed by atoms with Gasteiger partial charge in [-0.15, -0.1) is 0 Å². The van der Waals surface area contributed by atoms with E-state index >= 15 is 0 Å². The van der Waals surface area contributed by atoms with Gasteiger partial charge in [0.25, 0.3) is 11.8 Å². The van der Waals surface area contributed by atoms with E-state index in [9.17, 15) is 19.2 Å². The molecule has 8 heteroatoms. The van der Waals surface area contributed by atoms with Gasteiger partial charge in [0.15, 0.2) is 0 Å². The third kappa shape index (κ3) is 3.89. The van der Waals surface area contributed by atoms with Crippen molar-refractivity contribution in [3.8, 4) is 0 Å². The number of carbonyl (C=O) groups excluding carboxylic acids is 4. The van der Waals surface area contributed by atoms with Crippen LogP contribution in [-0.4, -0.2) is 42.6 Å². The molecule has 0 aromatic heterocycles. The van der Waals surface area contributed by atoms with Gasteiger partial charge in [0.05, 0.1) is 16.4 Å². The van der Waals surface area contributed by atoms with Gasteiger partial charge in [-0.05, 0) is 42.5 Å². The van der Waals surface area contributed by atoms with Crippen molar-refractivity contribution in [3.63, 3.8) is 0 Å². The van der Waals surface area contributed by atoms with E-state index in [0.29, 0.717) is 27.5 Å². The van der Waals surface area contributed by atoms with Crippen molar-refractivity contribution in [1.82, 2.24) is 4.90 Å².